The van der Waals surface area contributed by atoms with Crippen LogP contribution in [-0.2, 0) is 9.53 Å². The van der Waals surface area contributed by atoms with Gasteiger partial charge in [-0.2, -0.15) is 0 Å². The van der Waals surface area contributed by atoms with Gasteiger partial charge in [-0.15, -0.1) is 11.6 Å². The minimum atomic E-state index is 0.0709. The van der Waals surface area contributed by atoms with Gasteiger partial charge in [0.2, 0.25) is 5.91 Å². The van der Waals surface area contributed by atoms with Crippen molar-refractivity contribution in [3.8, 4) is 0 Å². The van der Waals surface area contributed by atoms with Crippen LogP contribution in [0.3, 0.4) is 0 Å². The van der Waals surface area contributed by atoms with Gasteiger partial charge in [0, 0.05) is 25.6 Å². The van der Waals surface area contributed by atoms with Crippen LogP contribution in [-0.4, -0.2) is 43.5 Å². The zero-order chi connectivity index (χ0) is 10.9. The van der Waals surface area contributed by atoms with Gasteiger partial charge in [0.05, 0.1) is 6.61 Å². The maximum atomic E-state index is 11.5. The minimum Gasteiger partial charge on any atom is -0.384 e. The fourth-order valence-electron chi connectivity index (χ4n) is 3.21. The molecular formula is C11H18ClNO2. The van der Waals surface area contributed by atoms with Gasteiger partial charge in [0.1, 0.15) is 5.88 Å². The molecule has 0 spiro atoms. The molecule has 15 heavy (non-hydrogen) atoms. The predicted octanol–water partition coefficient (Wildman–Crippen LogP) is 1.50. The Morgan fingerprint density at radius 2 is 2.47 bits per heavy atom. The zero-order valence-corrected chi connectivity index (χ0v) is 9.92. The summed E-state index contributed by atoms with van der Waals surface area (Å²) in [5, 5.41) is 0. The second kappa shape index (κ2) is 4.30. The smallest absolute Gasteiger partial charge is 0.237 e. The molecule has 1 amide bonds. The molecule has 3 nitrogen and oxygen atoms in total. The van der Waals surface area contributed by atoms with Crippen molar-refractivity contribution < 1.29 is 9.53 Å². The summed E-state index contributed by atoms with van der Waals surface area (Å²) in [4.78, 5) is 13.5. The minimum absolute atomic E-state index is 0.0709. The van der Waals surface area contributed by atoms with Gasteiger partial charge < -0.3 is 9.64 Å². The van der Waals surface area contributed by atoms with Crippen LogP contribution in [0.25, 0.3) is 0 Å². The van der Waals surface area contributed by atoms with E-state index in [2.05, 4.69) is 0 Å². The van der Waals surface area contributed by atoms with E-state index < -0.39 is 0 Å². The summed E-state index contributed by atoms with van der Waals surface area (Å²) in [5.41, 5.74) is 0.233. The number of alkyl halides is 1. The Kier molecular flexibility index (Phi) is 3.21. The molecule has 0 aromatic rings. The maximum Gasteiger partial charge on any atom is 0.237 e. The molecule has 2 aliphatic rings. The molecule has 1 saturated heterocycles. The molecule has 1 aliphatic heterocycles. The molecule has 0 aromatic heterocycles. The second-order valence-electron chi connectivity index (χ2n) is 4.79. The highest BCUT2D eigenvalue weighted by molar-refractivity contribution is 6.27. The number of halogens is 1. The first-order valence-electron chi connectivity index (χ1n) is 5.54. The van der Waals surface area contributed by atoms with Gasteiger partial charge in [-0.25, -0.2) is 0 Å². The number of hydrogen-bond acceptors (Lipinski definition) is 2. The molecule has 0 N–H and O–H groups in total. The van der Waals surface area contributed by atoms with Crippen molar-refractivity contribution in [3.05, 3.63) is 0 Å². The number of carbonyl (C=O) groups excluding carboxylic acids is 1. The van der Waals surface area contributed by atoms with Crippen molar-refractivity contribution in [3.63, 3.8) is 0 Å². The molecule has 2 atom stereocenters. The molecule has 2 rings (SSSR count). The Labute approximate surface area is 95.7 Å². The number of likely N-dealkylation sites (tertiary alicyclic amines) is 1. The summed E-state index contributed by atoms with van der Waals surface area (Å²) < 4.78 is 5.32. The largest absolute Gasteiger partial charge is 0.384 e. The Bertz CT molecular complexity index is 259. The van der Waals surface area contributed by atoms with E-state index >= 15 is 0 Å². The summed E-state index contributed by atoms with van der Waals surface area (Å²) >= 11 is 5.59. The van der Waals surface area contributed by atoms with Gasteiger partial charge in [0.25, 0.3) is 0 Å². The van der Waals surface area contributed by atoms with E-state index in [1.807, 2.05) is 4.90 Å². The number of amides is 1. The topological polar surface area (TPSA) is 29.5 Å². The monoisotopic (exact) mass is 231 g/mol. The van der Waals surface area contributed by atoms with Crippen LogP contribution >= 0.6 is 11.6 Å². The standard InChI is InChI=1S/C11H18ClNO2/c1-15-8-11-4-2-3-9(11)6-13(7-11)10(14)5-12/h9H,2-8H2,1H3. The van der Waals surface area contributed by atoms with Crippen LogP contribution in [0, 0.1) is 11.3 Å². The number of methoxy groups -OCH3 is 1. The third kappa shape index (κ3) is 1.87. The number of nitrogens with zero attached hydrogens (tertiary/aromatic N) is 1. The first-order chi connectivity index (χ1) is 7.22. The van der Waals surface area contributed by atoms with E-state index in [1.165, 1.54) is 19.3 Å². The van der Waals surface area contributed by atoms with Crippen molar-refractivity contribution >= 4 is 17.5 Å². The predicted molar refractivity (Wildman–Crippen MR) is 59.0 cm³/mol. The molecule has 1 heterocycles. The number of ether oxygens (including phenoxy) is 1. The van der Waals surface area contributed by atoms with Gasteiger partial charge in [-0.05, 0) is 18.8 Å². The number of rotatable bonds is 3. The summed E-state index contributed by atoms with van der Waals surface area (Å²) in [6.07, 6.45) is 3.70. The van der Waals surface area contributed by atoms with E-state index in [0.717, 1.165) is 19.7 Å². The molecule has 1 aliphatic carbocycles. The van der Waals surface area contributed by atoms with Gasteiger partial charge in [-0.1, -0.05) is 6.42 Å². The van der Waals surface area contributed by atoms with Gasteiger partial charge >= 0.3 is 0 Å². The van der Waals surface area contributed by atoms with Crippen molar-refractivity contribution in [1.29, 1.82) is 0 Å². The second-order valence-corrected chi connectivity index (χ2v) is 5.06. The van der Waals surface area contributed by atoms with Crippen molar-refractivity contribution in [1.82, 2.24) is 4.90 Å². The summed E-state index contributed by atoms with van der Waals surface area (Å²) in [5.74, 6) is 0.807. The van der Waals surface area contributed by atoms with E-state index in [0.29, 0.717) is 5.92 Å². The fourth-order valence-corrected chi connectivity index (χ4v) is 3.38. The Balaban J connectivity index is 2.07. The average Bonchev–Trinajstić information content (AvgIpc) is 2.73. The molecule has 2 unspecified atom stereocenters. The van der Waals surface area contributed by atoms with E-state index in [1.54, 1.807) is 7.11 Å². The van der Waals surface area contributed by atoms with Crippen molar-refractivity contribution in [2.24, 2.45) is 11.3 Å². The van der Waals surface area contributed by atoms with E-state index in [-0.39, 0.29) is 17.2 Å². The lowest BCUT2D eigenvalue weighted by atomic mass is 9.82. The lowest BCUT2D eigenvalue weighted by Gasteiger charge is -2.27. The van der Waals surface area contributed by atoms with Crippen LogP contribution in [0.1, 0.15) is 19.3 Å². The number of fused-ring (bicyclic) bond motifs is 1. The van der Waals surface area contributed by atoms with Crippen LogP contribution in [0.2, 0.25) is 0 Å². The van der Waals surface area contributed by atoms with E-state index in [4.69, 9.17) is 16.3 Å². The van der Waals surface area contributed by atoms with Crippen LogP contribution in [0.4, 0.5) is 0 Å². The molecule has 4 heteroatoms. The van der Waals surface area contributed by atoms with Crippen LogP contribution in [0.15, 0.2) is 0 Å². The highest BCUT2D eigenvalue weighted by atomic mass is 35.5. The molecule has 1 saturated carbocycles. The third-order valence-corrected chi connectivity index (χ3v) is 4.17. The molecular weight excluding hydrogens is 214 g/mol. The Morgan fingerprint density at radius 3 is 3.13 bits per heavy atom. The zero-order valence-electron chi connectivity index (χ0n) is 9.17. The highest BCUT2D eigenvalue weighted by Gasteiger charge is 2.50. The molecule has 0 aromatic carbocycles. The fraction of sp³-hybridized carbons (Fsp3) is 0.909. The number of carbonyl (C=O) groups is 1. The Hall–Kier alpha value is -0.280. The maximum absolute atomic E-state index is 11.5. The summed E-state index contributed by atoms with van der Waals surface area (Å²) in [6.45, 7) is 2.51. The first kappa shape index (κ1) is 11.2. The quantitative estimate of drug-likeness (QED) is 0.689. The van der Waals surface area contributed by atoms with Crippen LogP contribution in [0.5, 0.6) is 0 Å². The first-order valence-corrected chi connectivity index (χ1v) is 6.08. The van der Waals surface area contributed by atoms with Crippen molar-refractivity contribution in [2.75, 3.05) is 32.7 Å². The lowest BCUT2D eigenvalue weighted by Crippen LogP contribution is -2.35. The normalized spacial score (nSPS) is 34.5. The molecule has 0 bridgehead atoms. The Morgan fingerprint density at radius 1 is 1.67 bits per heavy atom. The van der Waals surface area contributed by atoms with Crippen molar-refractivity contribution in [2.45, 2.75) is 19.3 Å². The van der Waals surface area contributed by atoms with Gasteiger partial charge in [0.15, 0.2) is 0 Å². The highest BCUT2D eigenvalue weighted by Crippen LogP contribution is 2.48. The molecule has 86 valence electrons. The van der Waals surface area contributed by atoms with E-state index in [9.17, 15) is 4.79 Å². The molecule has 0 radical (unpaired) electrons. The number of hydrogen-bond donors (Lipinski definition) is 0. The van der Waals surface area contributed by atoms with Crippen LogP contribution < -0.4 is 0 Å². The summed E-state index contributed by atoms with van der Waals surface area (Å²) in [7, 11) is 1.75. The van der Waals surface area contributed by atoms with Gasteiger partial charge in [-0.3, -0.25) is 4.79 Å². The lowest BCUT2D eigenvalue weighted by molar-refractivity contribution is -0.128. The summed E-state index contributed by atoms with van der Waals surface area (Å²) in [6, 6.07) is 0. The third-order valence-electron chi connectivity index (χ3n) is 3.94. The molecule has 2 fully saturated rings. The SMILES string of the molecule is COCC12CCCC1CN(C(=O)CCl)C2. The average molecular weight is 232 g/mol.